The smallest absolute Gasteiger partial charge is 0.0221 e. The Bertz CT molecular complexity index is 115. The lowest BCUT2D eigenvalue weighted by atomic mass is 10.0. The van der Waals surface area contributed by atoms with Crippen LogP contribution in [-0.4, -0.2) is 6.21 Å². The van der Waals surface area contributed by atoms with Crippen LogP contribution in [0.3, 0.4) is 0 Å². The second-order valence-corrected chi connectivity index (χ2v) is 3.19. The molecule has 0 unspecified atom stereocenters. The minimum absolute atomic E-state index is 0.949. The molecule has 0 amide bonds. The Morgan fingerprint density at radius 3 is 2.00 bits per heavy atom. The van der Waals surface area contributed by atoms with E-state index >= 15 is 0 Å². The van der Waals surface area contributed by atoms with Crippen molar-refractivity contribution in [3.05, 3.63) is 12.3 Å². The van der Waals surface area contributed by atoms with E-state index in [0.29, 0.717) is 0 Å². The maximum Gasteiger partial charge on any atom is 0.0221 e. The Kier molecular flexibility index (Phi) is 16.0. The molecule has 0 radical (unpaired) electrons. The molecular formula is C12H25N. The van der Waals surface area contributed by atoms with E-state index < -0.39 is 0 Å². The van der Waals surface area contributed by atoms with Crippen LogP contribution in [0.2, 0.25) is 0 Å². The Balaban J connectivity index is 0. The van der Waals surface area contributed by atoms with Gasteiger partial charge in [0.2, 0.25) is 0 Å². The Morgan fingerprint density at radius 2 is 1.85 bits per heavy atom. The van der Waals surface area contributed by atoms with Crippen LogP contribution in [0.15, 0.2) is 17.3 Å². The molecule has 0 aliphatic carbocycles. The molecule has 0 aromatic carbocycles. The van der Waals surface area contributed by atoms with E-state index in [0.717, 1.165) is 5.92 Å². The van der Waals surface area contributed by atoms with E-state index in [4.69, 9.17) is 0 Å². The van der Waals surface area contributed by atoms with Crippen LogP contribution in [0.25, 0.3) is 0 Å². The summed E-state index contributed by atoms with van der Waals surface area (Å²) in [4.78, 5) is 3.78. The first-order chi connectivity index (χ1) is 6.22. The van der Waals surface area contributed by atoms with Crippen molar-refractivity contribution in [1.29, 1.82) is 0 Å². The van der Waals surface area contributed by atoms with Gasteiger partial charge in [0.25, 0.3) is 0 Å². The number of allylic oxidation sites excluding steroid dienone is 1. The summed E-state index contributed by atoms with van der Waals surface area (Å²) < 4.78 is 0. The molecule has 13 heavy (non-hydrogen) atoms. The van der Waals surface area contributed by atoms with Crippen LogP contribution in [0, 0.1) is 5.92 Å². The lowest BCUT2D eigenvalue weighted by molar-refractivity contribution is 0.509. The number of hydrogen-bond donors (Lipinski definition) is 0. The van der Waals surface area contributed by atoms with Gasteiger partial charge in [-0.05, 0) is 19.8 Å². The molecule has 0 saturated heterocycles. The van der Waals surface area contributed by atoms with Crippen LogP contribution in [0.4, 0.5) is 0 Å². The normalized spacial score (nSPS) is 13.0. The predicted molar refractivity (Wildman–Crippen MR) is 63.3 cm³/mol. The van der Waals surface area contributed by atoms with Crippen LogP contribution in [0.1, 0.15) is 53.9 Å². The second-order valence-electron chi connectivity index (χ2n) is 3.19. The maximum atomic E-state index is 3.78. The van der Waals surface area contributed by atoms with Crippen molar-refractivity contribution < 1.29 is 0 Å². The van der Waals surface area contributed by atoms with Gasteiger partial charge >= 0.3 is 0 Å². The van der Waals surface area contributed by atoms with Gasteiger partial charge in [-0.2, -0.15) is 0 Å². The molecular weight excluding hydrogens is 158 g/mol. The Morgan fingerprint density at radius 1 is 1.23 bits per heavy atom. The van der Waals surface area contributed by atoms with Crippen molar-refractivity contribution in [1.82, 2.24) is 0 Å². The van der Waals surface area contributed by atoms with Crippen LogP contribution >= 0.6 is 0 Å². The van der Waals surface area contributed by atoms with Crippen LogP contribution in [0.5, 0.6) is 0 Å². The van der Waals surface area contributed by atoms with Crippen molar-refractivity contribution in [3.63, 3.8) is 0 Å². The van der Waals surface area contributed by atoms with E-state index in [2.05, 4.69) is 25.8 Å². The predicted octanol–water partition coefficient (Wildman–Crippen LogP) is 4.44. The van der Waals surface area contributed by atoms with E-state index in [1.807, 2.05) is 19.9 Å². The first-order valence-corrected chi connectivity index (χ1v) is 5.31. The SMILES string of the molecule is CC=N/C=C\C.CCC[C@H](C)CC. The lowest BCUT2D eigenvalue weighted by Crippen LogP contribution is -1.88. The molecule has 1 atom stereocenters. The van der Waals surface area contributed by atoms with Gasteiger partial charge in [-0.15, -0.1) is 0 Å². The summed E-state index contributed by atoms with van der Waals surface area (Å²) in [5.74, 6) is 0.949. The minimum Gasteiger partial charge on any atom is -0.270 e. The summed E-state index contributed by atoms with van der Waals surface area (Å²) in [5.41, 5.74) is 0. The van der Waals surface area contributed by atoms with Gasteiger partial charge in [-0.25, -0.2) is 0 Å². The molecule has 0 aromatic heterocycles. The monoisotopic (exact) mass is 183 g/mol. The highest BCUT2D eigenvalue weighted by Crippen LogP contribution is 2.07. The van der Waals surface area contributed by atoms with Crippen molar-refractivity contribution in [2.24, 2.45) is 10.9 Å². The summed E-state index contributed by atoms with van der Waals surface area (Å²) in [7, 11) is 0. The average molecular weight is 183 g/mol. The van der Waals surface area contributed by atoms with Crippen molar-refractivity contribution in [3.8, 4) is 0 Å². The molecule has 1 heteroatoms. The molecule has 0 saturated carbocycles. The molecule has 0 heterocycles. The van der Waals surface area contributed by atoms with E-state index in [1.165, 1.54) is 19.3 Å². The van der Waals surface area contributed by atoms with Gasteiger partial charge in [0, 0.05) is 12.4 Å². The zero-order valence-electron chi connectivity index (χ0n) is 9.88. The largest absolute Gasteiger partial charge is 0.270 e. The fourth-order valence-electron chi connectivity index (χ4n) is 0.869. The molecule has 0 fully saturated rings. The number of hydrogen-bond acceptors (Lipinski definition) is 1. The van der Waals surface area contributed by atoms with Crippen molar-refractivity contribution in [2.75, 3.05) is 0 Å². The highest BCUT2D eigenvalue weighted by Gasteiger charge is 1.92. The van der Waals surface area contributed by atoms with E-state index in [9.17, 15) is 0 Å². The van der Waals surface area contributed by atoms with Gasteiger partial charge in [0.15, 0.2) is 0 Å². The second kappa shape index (κ2) is 14.0. The molecule has 0 aliphatic heterocycles. The maximum absolute atomic E-state index is 3.78. The molecule has 0 aromatic rings. The molecule has 0 aliphatic rings. The fraction of sp³-hybridized carbons (Fsp3) is 0.750. The Hall–Kier alpha value is -0.590. The molecule has 78 valence electrons. The summed E-state index contributed by atoms with van der Waals surface area (Å²) in [6, 6.07) is 0. The fourth-order valence-corrected chi connectivity index (χ4v) is 0.869. The molecule has 0 rings (SSSR count). The minimum atomic E-state index is 0.949. The first kappa shape index (κ1) is 14.9. The third kappa shape index (κ3) is 18.4. The molecule has 1 nitrogen and oxygen atoms in total. The van der Waals surface area contributed by atoms with Crippen molar-refractivity contribution >= 4 is 6.21 Å². The van der Waals surface area contributed by atoms with Crippen LogP contribution in [-0.2, 0) is 0 Å². The third-order valence-corrected chi connectivity index (χ3v) is 1.86. The van der Waals surface area contributed by atoms with Crippen molar-refractivity contribution in [2.45, 2.75) is 53.9 Å². The zero-order valence-corrected chi connectivity index (χ0v) is 9.88. The standard InChI is InChI=1S/C7H16.C5H9N/c1-4-6-7(3)5-2;1-3-5-6-4-2/h7H,4-6H2,1-3H3;3-5H,1-2H3/b;5-3-,6-4?/t7-;/m1./s1. The van der Waals surface area contributed by atoms with Gasteiger partial charge in [-0.1, -0.05) is 46.1 Å². The van der Waals surface area contributed by atoms with Crippen LogP contribution < -0.4 is 0 Å². The lowest BCUT2D eigenvalue weighted by Gasteiger charge is -2.02. The molecule has 0 N–H and O–H groups in total. The Labute approximate surface area is 84.0 Å². The van der Waals surface area contributed by atoms with E-state index in [-0.39, 0.29) is 0 Å². The topological polar surface area (TPSA) is 12.4 Å². The van der Waals surface area contributed by atoms with Gasteiger partial charge in [-0.3, -0.25) is 4.99 Å². The summed E-state index contributed by atoms with van der Waals surface area (Å²) >= 11 is 0. The van der Waals surface area contributed by atoms with Gasteiger partial charge in [0.05, 0.1) is 0 Å². The van der Waals surface area contributed by atoms with Gasteiger partial charge < -0.3 is 0 Å². The number of aliphatic imine (C=N–C) groups is 1. The number of nitrogens with zero attached hydrogens (tertiary/aromatic N) is 1. The van der Waals surface area contributed by atoms with Gasteiger partial charge in [0.1, 0.15) is 0 Å². The quantitative estimate of drug-likeness (QED) is 0.571. The van der Waals surface area contributed by atoms with E-state index in [1.54, 1.807) is 12.4 Å². The first-order valence-electron chi connectivity index (χ1n) is 5.31. The summed E-state index contributed by atoms with van der Waals surface area (Å²) in [5, 5.41) is 0. The molecule has 0 bridgehead atoms. The summed E-state index contributed by atoms with van der Waals surface area (Å²) in [6.07, 6.45) is 9.47. The number of rotatable bonds is 4. The highest BCUT2D eigenvalue weighted by molar-refractivity contribution is 5.54. The highest BCUT2D eigenvalue weighted by atomic mass is 14.6. The molecule has 0 spiro atoms. The third-order valence-electron chi connectivity index (χ3n) is 1.86. The summed E-state index contributed by atoms with van der Waals surface area (Å²) in [6.45, 7) is 10.6. The average Bonchev–Trinajstić information content (AvgIpc) is 2.16. The zero-order chi connectivity index (χ0) is 10.5.